The molecule has 3 rings (SSSR count). The molecule has 0 amide bonds. The van der Waals surface area contributed by atoms with Gasteiger partial charge in [-0.3, -0.25) is 0 Å². The van der Waals surface area contributed by atoms with Crippen LogP contribution < -0.4 is 9.47 Å². The van der Waals surface area contributed by atoms with Gasteiger partial charge in [0.2, 0.25) is 5.52 Å². The SMILES string of the molecule is Cc1ccc2c(c1)sc(-c1ccc(N(C)C)cc1)[n+]2CCO. The van der Waals surface area contributed by atoms with Crippen molar-refractivity contribution < 1.29 is 9.67 Å². The molecule has 0 atom stereocenters. The number of nitrogens with zero attached hydrogens (tertiary/aromatic N) is 2. The van der Waals surface area contributed by atoms with Crippen LogP contribution in [0.15, 0.2) is 42.5 Å². The number of anilines is 1. The third-order valence-corrected chi connectivity index (χ3v) is 5.01. The Morgan fingerprint density at radius 1 is 1.09 bits per heavy atom. The van der Waals surface area contributed by atoms with E-state index in [9.17, 15) is 5.11 Å². The highest BCUT2D eigenvalue weighted by Gasteiger charge is 2.21. The summed E-state index contributed by atoms with van der Waals surface area (Å²) in [6, 6.07) is 15.1. The van der Waals surface area contributed by atoms with Crippen molar-refractivity contribution in [3.05, 3.63) is 48.0 Å². The molecule has 0 radical (unpaired) electrons. The number of rotatable bonds is 4. The largest absolute Gasteiger partial charge is 0.390 e. The fourth-order valence-electron chi connectivity index (χ4n) is 2.63. The molecule has 0 spiro atoms. The maximum absolute atomic E-state index is 9.42. The minimum Gasteiger partial charge on any atom is -0.390 e. The first-order valence-corrected chi connectivity index (χ1v) is 8.23. The Bertz CT molecular complexity index is 791. The van der Waals surface area contributed by atoms with Crippen LogP contribution in [0.25, 0.3) is 20.8 Å². The standard InChI is InChI=1S/C18H21N2OS/c1-13-4-9-16-17(12-13)22-18(20(16)10-11-21)14-5-7-15(8-6-14)19(2)3/h4-9,12,21H,10-11H2,1-3H3/q+1. The summed E-state index contributed by atoms with van der Waals surface area (Å²) in [7, 11) is 4.09. The van der Waals surface area contributed by atoms with Crippen molar-refractivity contribution in [3.63, 3.8) is 0 Å². The minimum atomic E-state index is 0.146. The fourth-order valence-corrected chi connectivity index (χ4v) is 3.92. The van der Waals surface area contributed by atoms with Crippen molar-refractivity contribution in [1.82, 2.24) is 0 Å². The molecule has 0 aliphatic heterocycles. The summed E-state index contributed by atoms with van der Waals surface area (Å²) >= 11 is 1.78. The summed E-state index contributed by atoms with van der Waals surface area (Å²) < 4.78 is 3.48. The van der Waals surface area contributed by atoms with E-state index in [1.165, 1.54) is 32.0 Å². The van der Waals surface area contributed by atoms with E-state index in [0.717, 1.165) is 0 Å². The number of aryl methyl sites for hydroxylation is 1. The van der Waals surface area contributed by atoms with Gasteiger partial charge in [-0.25, -0.2) is 0 Å². The number of aromatic nitrogens is 1. The van der Waals surface area contributed by atoms with Crippen molar-refractivity contribution in [1.29, 1.82) is 0 Å². The van der Waals surface area contributed by atoms with Crippen LogP contribution >= 0.6 is 11.3 Å². The summed E-state index contributed by atoms with van der Waals surface area (Å²) in [5, 5.41) is 10.6. The quantitative estimate of drug-likeness (QED) is 0.749. The van der Waals surface area contributed by atoms with Crippen LogP contribution in [0.1, 0.15) is 5.56 Å². The van der Waals surface area contributed by atoms with Crippen molar-refractivity contribution >= 4 is 27.2 Å². The predicted molar refractivity (Wildman–Crippen MR) is 93.6 cm³/mol. The third-order valence-electron chi connectivity index (χ3n) is 3.81. The molecular formula is C18H21N2OS+. The van der Waals surface area contributed by atoms with Gasteiger partial charge in [-0.2, -0.15) is 4.57 Å². The van der Waals surface area contributed by atoms with E-state index in [1.807, 2.05) is 14.1 Å². The highest BCUT2D eigenvalue weighted by Crippen LogP contribution is 2.30. The molecule has 0 bridgehead atoms. The Hall–Kier alpha value is -1.91. The van der Waals surface area contributed by atoms with E-state index in [1.54, 1.807) is 11.3 Å². The first-order valence-electron chi connectivity index (χ1n) is 7.42. The second kappa shape index (κ2) is 6.07. The van der Waals surface area contributed by atoms with Crippen LogP contribution in [0.3, 0.4) is 0 Å². The molecule has 1 aromatic heterocycles. The fraction of sp³-hybridized carbons (Fsp3) is 0.278. The lowest BCUT2D eigenvalue weighted by Gasteiger charge is -2.11. The van der Waals surface area contributed by atoms with Gasteiger partial charge in [-0.05, 0) is 42.8 Å². The Kier molecular flexibility index (Phi) is 4.14. The van der Waals surface area contributed by atoms with Gasteiger partial charge >= 0.3 is 0 Å². The van der Waals surface area contributed by atoms with Crippen LogP contribution in [0.4, 0.5) is 5.69 Å². The second-order valence-corrected chi connectivity index (χ2v) is 6.73. The Labute approximate surface area is 135 Å². The highest BCUT2D eigenvalue weighted by atomic mass is 32.1. The molecule has 114 valence electrons. The molecule has 1 heterocycles. The average Bonchev–Trinajstić information content (AvgIpc) is 2.85. The summed E-state index contributed by atoms with van der Waals surface area (Å²) in [5.41, 5.74) is 4.84. The van der Waals surface area contributed by atoms with Gasteiger partial charge in [0.25, 0.3) is 5.01 Å². The summed E-state index contributed by atoms with van der Waals surface area (Å²) in [5.74, 6) is 0. The summed E-state index contributed by atoms with van der Waals surface area (Å²) in [6.07, 6.45) is 0. The Morgan fingerprint density at radius 2 is 1.82 bits per heavy atom. The van der Waals surface area contributed by atoms with E-state index in [2.05, 4.69) is 58.9 Å². The van der Waals surface area contributed by atoms with Crippen LogP contribution in [-0.2, 0) is 6.54 Å². The van der Waals surface area contributed by atoms with Crippen LogP contribution in [0.2, 0.25) is 0 Å². The number of aliphatic hydroxyl groups is 1. The minimum absolute atomic E-state index is 0.146. The van der Waals surface area contributed by atoms with E-state index >= 15 is 0 Å². The highest BCUT2D eigenvalue weighted by molar-refractivity contribution is 7.21. The first kappa shape index (κ1) is 15.0. The lowest BCUT2D eigenvalue weighted by Crippen LogP contribution is -2.36. The van der Waals surface area contributed by atoms with E-state index in [4.69, 9.17) is 0 Å². The number of thiazole rings is 1. The van der Waals surface area contributed by atoms with Crippen molar-refractivity contribution in [2.45, 2.75) is 13.5 Å². The van der Waals surface area contributed by atoms with Gasteiger partial charge in [0.1, 0.15) is 11.3 Å². The van der Waals surface area contributed by atoms with Crippen molar-refractivity contribution in [2.24, 2.45) is 0 Å². The van der Waals surface area contributed by atoms with Crippen molar-refractivity contribution in [2.75, 3.05) is 25.6 Å². The van der Waals surface area contributed by atoms with Gasteiger partial charge in [-0.15, -0.1) is 0 Å². The number of benzene rings is 2. The first-order chi connectivity index (χ1) is 10.6. The molecule has 22 heavy (non-hydrogen) atoms. The molecule has 1 N–H and O–H groups in total. The molecule has 0 aliphatic rings. The van der Waals surface area contributed by atoms with E-state index < -0.39 is 0 Å². The molecule has 0 saturated carbocycles. The monoisotopic (exact) mass is 313 g/mol. The smallest absolute Gasteiger partial charge is 0.270 e. The predicted octanol–water partition coefficient (Wildman–Crippen LogP) is 3.22. The van der Waals surface area contributed by atoms with E-state index in [-0.39, 0.29) is 6.61 Å². The molecule has 0 fully saturated rings. The van der Waals surface area contributed by atoms with Gasteiger partial charge in [0.15, 0.2) is 6.54 Å². The van der Waals surface area contributed by atoms with E-state index in [0.29, 0.717) is 6.54 Å². The molecule has 3 nitrogen and oxygen atoms in total. The number of fused-ring (bicyclic) bond motifs is 1. The maximum Gasteiger partial charge on any atom is 0.270 e. The van der Waals surface area contributed by atoms with Crippen LogP contribution in [0, 0.1) is 6.92 Å². The molecule has 0 saturated heterocycles. The zero-order valence-electron chi connectivity index (χ0n) is 13.2. The molecule has 2 aromatic carbocycles. The summed E-state index contributed by atoms with van der Waals surface area (Å²) in [4.78, 5) is 2.10. The Morgan fingerprint density at radius 3 is 2.45 bits per heavy atom. The Balaban J connectivity index is 2.14. The summed E-state index contributed by atoms with van der Waals surface area (Å²) in [6.45, 7) is 2.88. The zero-order chi connectivity index (χ0) is 15.7. The van der Waals surface area contributed by atoms with Crippen molar-refractivity contribution in [3.8, 4) is 10.6 Å². The van der Waals surface area contributed by atoms with Gasteiger partial charge in [-0.1, -0.05) is 17.4 Å². The molecule has 0 unspecified atom stereocenters. The number of aliphatic hydroxyl groups excluding tert-OH is 1. The van der Waals surface area contributed by atoms with Crippen LogP contribution in [0.5, 0.6) is 0 Å². The van der Waals surface area contributed by atoms with Crippen LogP contribution in [-0.4, -0.2) is 25.8 Å². The third kappa shape index (κ3) is 2.72. The maximum atomic E-state index is 9.42. The molecule has 0 aliphatic carbocycles. The van der Waals surface area contributed by atoms with Gasteiger partial charge in [0, 0.05) is 25.8 Å². The molecule has 3 aromatic rings. The zero-order valence-corrected chi connectivity index (χ0v) is 14.0. The number of hydrogen-bond acceptors (Lipinski definition) is 3. The lowest BCUT2D eigenvalue weighted by atomic mass is 10.2. The van der Waals surface area contributed by atoms with Gasteiger partial charge in [0.05, 0.1) is 5.56 Å². The lowest BCUT2D eigenvalue weighted by molar-refractivity contribution is -0.658. The molecular weight excluding hydrogens is 292 g/mol. The molecule has 4 heteroatoms. The average molecular weight is 313 g/mol. The second-order valence-electron chi connectivity index (χ2n) is 5.69. The number of hydrogen-bond donors (Lipinski definition) is 1. The topological polar surface area (TPSA) is 27.4 Å². The van der Waals surface area contributed by atoms with Gasteiger partial charge < -0.3 is 10.0 Å². The normalized spacial score (nSPS) is 11.1.